The Labute approximate surface area is 103 Å². The summed E-state index contributed by atoms with van der Waals surface area (Å²) in [6.45, 7) is 4.19. The summed E-state index contributed by atoms with van der Waals surface area (Å²) in [4.78, 5) is 22.5. The third-order valence-corrected chi connectivity index (χ3v) is 3.78. The van der Waals surface area contributed by atoms with Gasteiger partial charge in [-0.1, -0.05) is 26.7 Å². The maximum atomic E-state index is 11.7. The normalized spacial score (nSPS) is 23.9. The highest BCUT2D eigenvalue weighted by Gasteiger charge is 2.30. The van der Waals surface area contributed by atoms with Crippen molar-refractivity contribution in [1.29, 1.82) is 0 Å². The predicted octanol–water partition coefficient (Wildman–Crippen LogP) is 2.18. The number of carboxylic acids is 1. The Morgan fingerprint density at radius 3 is 2.41 bits per heavy atom. The quantitative estimate of drug-likeness (QED) is 0.749. The Balaban J connectivity index is 2.30. The first-order valence-corrected chi connectivity index (χ1v) is 6.58. The summed E-state index contributed by atoms with van der Waals surface area (Å²) < 4.78 is 0. The molecule has 0 saturated heterocycles. The fourth-order valence-corrected chi connectivity index (χ4v) is 2.46. The van der Waals surface area contributed by atoms with Gasteiger partial charge >= 0.3 is 5.97 Å². The Bertz CT molecular complexity index is 274. The van der Waals surface area contributed by atoms with Crippen LogP contribution in [0.3, 0.4) is 0 Å². The van der Waals surface area contributed by atoms with Gasteiger partial charge in [0.2, 0.25) is 5.91 Å². The molecule has 1 aliphatic carbocycles. The van der Waals surface area contributed by atoms with Gasteiger partial charge in [0.05, 0.1) is 5.92 Å². The van der Waals surface area contributed by atoms with Crippen molar-refractivity contribution in [2.45, 2.75) is 58.4 Å². The van der Waals surface area contributed by atoms with E-state index in [0.717, 1.165) is 19.3 Å². The molecule has 0 aromatic rings. The molecule has 17 heavy (non-hydrogen) atoms. The molecule has 2 atom stereocenters. The third kappa shape index (κ3) is 4.36. The van der Waals surface area contributed by atoms with Crippen molar-refractivity contribution in [2.75, 3.05) is 0 Å². The van der Waals surface area contributed by atoms with Gasteiger partial charge in [0.15, 0.2) is 0 Å². The van der Waals surface area contributed by atoms with E-state index in [0.29, 0.717) is 25.2 Å². The molecule has 0 aromatic carbocycles. The summed E-state index contributed by atoms with van der Waals surface area (Å²) in [5.74, 6) is -0.475. The van der Waals surface area contributed by atoms with Gasteiger partial charge in [0, 0.05) is 12.5 Å². The van der Waals surface area contributed by atoms with Gasteiger partial charge in [-0.15, -0.1) is 0 Å². The molecule has 0 bridgehead atoms. The minimum atomic E-state index is -0.734. The topological polar surface area (TPSA) is 66.4 Å². The first-order chi connectivity index (χ1) is 8.06. The molecule has 0 aliphatic heterocycles. The van der Waals surface area contributed by atoms with Gasteiger partial charge in [-0.2, -0.15) is 0 Å². The van der Waals surface area contributed by atoms with Crippen LogP contribution in [0, 0.1) is 11.8 Å². The van der Waals surface area contributed by atoms with Crippen LogP contribution in [0.1, 0.15) is 52.4 Å². The van der Waals surface area contributed by atoms with Crippen molar-refractivity contribution in [2.24, 2.45) is 11.8 Å². The molecule has 1 saturated carbocycles. The number of aliphatic carboxylic acids is 1. The lowest BCUT2D eigenvalue weighted by Crippen LogP contribution is -2.34. The summed E-state index contributed by atoms with van der Waals surface area (Å²) in [5.41, 5.74) is 0. The molecule has 4 nitrogen and oxygen atoms in total. The third-order valence-electron chi connectivity index (χ3n) is 3.78. The minimum Gasteiger partial charge on any atom is -0.481 e. The molecular weight excluding hydrogens is 218 g/mol. The van der Waals surface area contributed by atoms with Gasteiger partial charge in [0.25, 0.3) is 0 Å². The lowest BCUT2D eigenvalue weighted by Gasteiger charge is -2.16. The van der Waals surface area contributed by atoms with E-state index in [4.69, 9.17) is 5.11 Å². The minimum absolute atomic E-state index is 0.0676. The maximum Gasteiger partial charge on any atom is 0.306 e. The number of rotatable bonds is 6. The predicted molar refractivity (Wildman–Crippen MR) is 65.6 cm³/mol. The summed E-state index contributed by atoms with van der Waals surface area (Å²) in [6.07, 6.45) is 4.68. The Morgan fingerprint density at radius 2 is 1.94 bits per heavy atom. The van der Waals surface area contributed by atoms with E-state index in [9.17, 15) is 9.59 Å². The number of carbonyl (C=O) groups is 2. The molecule has 0 aromatic heterocycles. The highest BCUT2D eigenvalue weighted by atomic mass is 16.4. The first kappa shape index (κ1) is 14.0. The summed E-state index contributed by atoms with van der Waals surface area (Å²) in [5, 5.41) is 11.8. The zero-order valence-corrected chi connectivity index (χ0v) is 10.7. The molecule has 0 heterocycles. The van der Waals surface area contributed by atoms with Crippen LogP contribution in [0.5, 0.6) is 0 Å². The molecule has 2 N–H and O–H groups in total. The molecule has 1 fully saturated rings. The van der Waals surface area contributed by atoms with Gasteiger partial charge < -0.3 is 10.4 Å². The Kier molecular flexibility index (Phi) is 5.45. The Hall–Kier alpha value is -1.06. The van der Waals surface area contributed by atoms with Crippen molar-refractivity contribution in [1.82, 2.24) is 5.32 Å². The van der Waals surface area contributed by atoms with Crippen molar-refractivity contribution < 1.29 is 14.7 Å². The average Bonchev–Trinajstić information content (AvgIpc) is 2.74. The molecule has 4 heteroatoms. The summed E-state index contributed by atoms with van der Waals surface area (Å²) in [6, 6.07) is 0.0676. The van der Waals surface area contributed by atoms with E-state index in [1.807, 2.05) is 0 Å². The molecule has 0 spiro atoms. The standard InChI is InChI=1S/C13H23NO3/c1-3-9(4-2)7-12(15)14-11-6-5-10(8-11)13(16)17/h9-11H,3-8H2,1-2H3,(H,14,15)(H,16,17)/t10-,11+/m1/s1. The molecule has 1 amide bonds. The second kappa shape index (κ2) is 6.62. The number of nitrogens with one attached hydrogen (secondary N) is 1. The second-order valence-electron chi connectivity index (χ2n) is 5.00. The van der Waals surface area contributed by atoms with Crippen LogP contribution >= 0.6 is 0 Å². The Morgan fingerprint density at radius 1 is 1.29 bits per heavy atom. The molecule has 1 rings (SSSR count). The lowest BCUT2D eigenvalue weighted by atomic mass is 9.99. The molecular formula is C13H23NO3. The summed E-state index contributed by atoms with van der Waals surface area (Å²) in [7, 11) is 0. The van der Waals surface area contributed by atoms with Crippen LogP contribution in [0.25, 0.3) is 0 Å². The number of amides is 1. The number of hydrogen-bond donors (Lipinski definition) is 2. The number of carbonyl (C=O) groups excluding carboxylic acids is 1. The second-order valence-corrected chi connectivity index (χ2v) is 5.00. The van der Waals surface area contributed by atoms with Crippen LogP contribution in [-0.2, 0) is 9.59 Å². The van der Waals surface area contributed by atoms with E-state index < -0.39 is 5.97 Å². The summed E-state index contributed by atoms with van der Waals surface area (Å²) >= 11 is 0. The first-order valence-electron chi connectivity index (χ1n) is 6.58. The highest BCUT2D eigenvalue weighted by molar-refractivity contribution is 5.77. The van der Waals surface area contributed by atoms with Crippen molar-refractivity contribution >= 4 is 11.9 Å². The van der Waals surface area contributed by atoms with E-state index in [1.54, 1.807) is 0 Å². The van der Waals surface area contributed by atoms with Gasteiger partial charge in [0.1, 0.15) is 0 Å². The SMILES string of the molecule is CCC(CC)CC(=O)N[C@H]1CC[C@@H](C(=O)O)C1. The zero-order chi connectivity index (χ0) is 12.8. The van der Waals surface area contributed by atoms with Crippen LogP contribution in [0.15, 0.2) is 0 Å². The maximum absolute atomic E-state index is 11.7. The molecule has 0 radical (unpaired) electrons. The van der Waals surface area contributed by atoms with Crippen LogP contribution < -0.4 is 5.32 Å². The van der Waals surface area contributed by atoms with Gasteiger partial charge in [-0.3, -0.25) is 9.59 Å². The van der Waals surface area contributed by atoms with E-state index in [2.05, 4.69) is 19.2 Å². The molecule has 98 valence electrons. The van der Waals surface area contributed by atoms with Crippen molar-refractivity contribution in [3.05, 3.63) is 0 Å². The van der Waals surface area contributed by atoms with Gasteiger partial charge in [-0.05, 0) is 25.2 Å². The highest BCUT2D eigenvalue weighted by Crippen LogP contribution is 2.26. The van der Waals surface area contributed by atoms with Crippen LogP contribution in [0.4, 0.5) is 0 Å². The fraction of sp³-hybridized carbons (Fsp3) is 0.846. The smallest absolute Gasteiger partial charge is 0.306 e. The number of hydrogen-bond acceptors (Lipinski definition) is 2. The monoisotopic (exact) mass is 241 g/mol. The fourth-order valence-electron chi connectivity index (χ4n) is 2.46. The molecule has 1 aliphatic rings. The molecule has 0 unspecified atom stereocenters. The van der Waals surface area contributed by atoms with Crippen LogP contribution in [-0.4, -0.2) is 23.0 Å². The zero-order valence-electron chi connectivity index (χ0n) is 10.7. The van der Waals surface area contributed by atoms with Crippen molar-refractivity contribution in [3.8, 4) is 0 Å². The van der Waals surface area contributed by atoms with Crippen molar-refractivity contribution in [3.63, 3.8) is 0 Å². The van der Waals surface area contributed by atoms with E-state index in [1.165, 1.54) is 0 Å². The largest absolute Gasteiger partial charge is 0.481 e. The average molecular weight is 241 g/mol. The number of carboxylic acid groups (broad SMARTS) is 1. The lowest BCUT2D eigenvalue weighted by molar-refractivity contribution is -0.141. The van der Waals surface area contributed by atoms with E-state index in [-0.39, 0.29) is 17.9 Å². The van der Waals surface area contributed by atoms with Crippen LogP contribution in [0.2, 0.25) is 0 Å². The van der Waals surface area contributed by atoms with E-state index >= 15 is 0 Å². The van der Waals surface area contributed by atoms with Gasteiger partial charge in [-0.25, -0.2) is 0 Å².